The SMILES string of the molecule is CC(NCc1cccc(/N=C/c2c(O)ccc3ccccc23)c1)c1ccccc1. The van der Waals surface area contributed by atoms with E-state index in [0.717, 1.165) is 28.6 Å². The minimum absolute atomic E-state index is 0.238. The van der Waals surface area contributed by atoms with Gasteiger partial charge in [-0.25, -0.2) is 0 Å². The van der Waals surface area contributed by atoms with E-state index in [0.29, 0.717) is 0 Å². The van der Waals surface area contributed by atoms with Crippen molar-refractivity contribution in [1.82, 2.24) is 5.32 Å². The van der Waals surface area contributed by atoms with Crippen molar-refractivity contribution in [3.05, 3.63) is 108 Å². The van der Waals surface area contributed by atoms with Crippen molar-refractivity contribution in [2.45, 2.75) is 19.5 Å². The maximum Gasteiger partial charge on any atom is 0.124 e. The summed E-state index contributed by atoms with van der Waals surface area (Å²) in [6.07, 6.45) is 1.75. The molecule has 0 radical (unpaired) electrons. The molecule has 0 bridgehead atoms. The van der Waals surface area contributed by atoms with Gasteiger partial charge in [-0.3, -0.25) is 4.99 Å². The van der Waals surface area contributed by atoms with E-state index in [9.17, 15) is 5.11 Å². The molecule has 0 amide bonds. The molecule has 0 saturated carbocycles. The lowest BCUT2D eigenvalue weighted by atomic mass is 10.0. The van der Waals surface area contributed by atoms with E-state index < -0.39 is 0 Å². The van der Waals surface area contributed by atoms with E-state index in [1.807, 2.05) is 48.5 Å². The topological polar surface area (TPSA) is 44.6 Å². The second kappa shape index (κ2) is 8.72. The smallest absolute Gasteiger partial charge is 0.124 e. The Morgan fingerprint density at radius 2 is 1.69 bits per heavy atom. The van der Waals surface area contributed by atoms with Crippen LogP contribution in [0.25, 0.3) is 10.8 Å². The van der Waals surface area contributed by atoms with Gasteiger partial charge in [0.25, 0.3) is 0 Å². The van der Waals surface area contributed by atoms with Crippen molar-refractivity contribution in [2.75, 3.05) is 0 Å². The third-order valence-corrected chi connectivity index (χ3v) is 5.11. The summed E-state index contributed by atoms with van der Waals surface area (Å²) >= 11 is 0. The summed E-state index contributed by atoms with van der Waals surface area (Å²) in [4.78, 5) is 4.62. The molecule has 4 aromatic carbocycles. The molecular weight excluding hydrogens is 356 g/mol. The Bertz CT molecular complexity index is 1140. The Hall–Kier alpha value is -3.43. The standard InChI is InChI=1S/C26H24N2O/c1-19(21-9-3-2-4-10-21)27-17-20-8-7-12-23(16-20)28-18-25-24-13-6-5-11-22(24)14-15-26(25)29/h2-16,18-19,27,29H,17H2,1H3/b28-18+. The van der Waals surface area contributed by atoms with Crippen LogP contribution in [0, 0.1) is 0 Å². The number of phenols is 1. The van der Waals surface area contributed by atoms with Gasteiger partial charge in [0, 0.05) is 24.4 Å². The number of phenolic OH excluding ortho intramolecular Hbond substituents is 1. The summed E-state index contributed by atoms with van der Waals surface area (Å²) in [6, 6.07) is 30.5. The maximum absolute atomic E-state index is 10.3. The normalized spacial score (nSPS) is 12.4. The van der Waals surface area contributed by atoms with E-state index in [4.69, 9.17) is 0 Å². The molecule has 1 atom stereocenters. The minimum atomic E-state index is 0.238. The van der Waals surface area contributed by atoms with E-state index in [1.165, 1.54) is 11.1 Å². The fraction of sp³-hybridized carbons (Fsp3) is 0.115. The Morgan fingerprint density at radius 3 is 2.55 bits per heavy atom. The molecule has 4 rings (SSSR count). The molecule has 3 heteroatoms. The van der Waals surface area contributed by atoms with Crippen molar-refractivity contribution >= 4 is 22.7 Å². The van der Waals surface area contributed by atoms with Gasteiger partial charge in [0.05, 0.1) is 5.69 Å². The Morgan fingerprint density at radius 1 is 0.897 bits per heavy atom. The summed E-state index contributed by atoms with van der Waals surface area (Å²) < 4.78 is 0. The highest BCUT2D eigenvalue weighted by molar-refractivity contribution is 6.02. The summed E-state index contributed by atoms with van der Waals surface area (Å²) in [5.41, 5.74) is 4.05. The molecular formula is C26H24N2O. The first-order valence-electron chi connectivity index (χ1n) is 9.83. The Balaban J connectivity index is 1.50. The van der Waals surface area contributed by atoms with Crippen molar-refractivity contribution in [1.29, 1.82) is 0 Å². The van der Waals surface area contributed by atoms with Gasteiger partial charge in [0.2, 0.25) is 0 Å². The van der Waals surface area contributed by atoms with E-state index in [1.54, 1.807) is 12.3 Å². The lowest BCUT2D eigenvalue weighted by molar-refractivity contribution is 0.475. The molecule has 0 fully saturated rings. The number of aromatic hydroxyl groups is 1. The molecule has 0 saturated heterocycles. The molecule has 0 aliphatic rings. The molecule has 0 heterocycles. The van der Waals surface area contributed by atoms with Crippen LogP contribution in [0.3, 0.4) is 0 Å². The zero-order chi connectivity index (χ0) is 20.1. The third kappa shape index (κ3) is 4.53. The summed E-state index contributed by atoms with van der Waals surface area (Å²) in [7, 11) is 0. The quantitative estimate of drug-likeness (QED) is 0.394. The predicted molar refractivity (Wildman–Crippen MR) is 121 cm³/mol. The van der Waals surface area contributed by atoms with Gasteiger partial charge < -0.3 is 10.4 Å². The molecule has 0 aliphatic carbocycles. The molecule has 1 unspecified atom stereocenters. The van der Waals surface area contributed by atoms with E-state index in [-0.39, 0.29) is 11.8 Å². The third-order valence-electron chi connectivity index (χ3n) is 5.11. The maximum atomic E-state index is 10.3. The summed E-state index contributed by atoms with van der Waals surface area (Å²) in [5, 5.41) is 15.9. The number of hydrogen-bond acceptors (Lipinski definition) is 3. The van der Waals surface area contributed by atoms with Gasteiger partial charge in [0.15, 0.2) is 0 Å². The van der Waals surface area contributed by atoms with Gasteiger partial charge in [-0.15, -0.1) is 0 Å². The molecule has 144 valence electrons. The van der Waals surface area contributed by atoms with Crippen LogP contribution in [0.4, 0.5) is 5.69 Å². The van der Waals surface area contributed by atoms with E-state index >= 15 is 0 Å². The molecule has 2 N–H and O–H groups in total. The highest BCUT2D eigenvalue weighted by atomic mass is 16.3. The number of nitrogens with one attached hydrogen (secondary N) is 1. The van der Waals surface area contributed by atoms with Crippen molar-refractivity contribution in [2.24, 2.45) is 4.99 Å². The van der Waals surface area contributed by atoms with Crippen LogP contribution in [0.2, 0.25) is 0 Å². The number of nitrogens with zero attached hydrogens (tertiary/aromatic N) is 1. The first-order valence-corrected chi connectivity index (χ1v) is 9.83. The van der Waals surface area contributed by atoms with Crippen LogP contribution in [-0.4, -0.2) is 11.3 Å². The number of aliphatic imine (C=N–C) groups is 1. The molecule has 0 spiro atoms. The second-order valence-corrected chi connectivity index (χ2v) is 7.16. The number of fused-ring (bicyclic) bond motifs is 1. The van der Waals surface area contributed by atoms with Crippen LogP contribution < -0.4 is 5.32 Å². The predicted octanol–water partition coefficient (Wildman–Crippen LogP) is 6.15. The zero-order valence-corrected chi connectivity index (χ0v) is 16.4. The zero-order valence-electron chi connectivity index (χ0n) is 16.4. The lowest BCUT2D eigenvalue weighted by Gasteiger charge is -2.14. The average Bonchev–Trinajstić information content (AvgIpc) is 2.77. The first kappa shape index (κ1) is 18.9. The van der Waals surface area contributed by atoms with Gasteiger partial charge in [-0.1, -0.05) is 72.8 Å². The Kier molecular flexibility index (Phi) is 5.68. The van der Waals surface area contributed by atoms with Crippen LogP contribution >= 0.6 is 0 Å². The second-order valence-electron chi connectivity index (χ2n) is 7.16. The lowest BCUT2D eigenvalue weighted by Crippen LogP contribution is -2.17. The van der Waals surface area contributed by atoms with Gasteiger partial charge in [-0.05, 0) is 47.0 Å². The fourth-order valence-corrected chi connectivity index (χ4v) is 3.44. The largest absolute Gasteiger partial charge is 0.507 e. The number of benzene rings is 4. The number of rotatable bonds is 6. The van der Waals surface area contributed by atoms with Crippen molar-refractivity contribution in [3.63, 3.8) is 0 Å². The molecule has 29 heavy (non-hydrogen) atoms. The molecule has 4 aromatic rings. The minimum Gasteiger partial charge on any atom is -0.507 e. The fourth-order valence-electron chi connectivity index (χ4n) is 3.44. The van der Waals surface area contributed by atoms with Crippen molar-refractivity contribution < 1.29 is 5.11 Å². The van der Waals surface area contributed by atoms with Gasteiger partial charge in [-0.2, -0.15) is 0 Å². The summed E-state index contributed by atoms with van der Waals surface area (Å²) in [6.45, 7) is 2.93. The number of hydrogen-bond donors (Lipinski definition) is 2. The average molecular weight is 380 g/mol. The van der Waals surface area contributed by atoms with Crippen LogP contribution in [0.1, 0.15) is 29.7 Å². The first-order chi connectivity index (χ1) is 14.2. The molecule has 0 aliphatic heterocycles. The van der Waals surface area contributed by atoms with Gasteiger partial charge in [0.1, 0.15) is 5.75 Å². The summed E-state index contributed by atoms with van der Waals surface area (Å²) in [5.74, 6) is 0.238. The van der Waals surface area contributed by atoms with Crippen LogP contribution in [0.15, 0.2) is 96.0 Å². The van der Waals surface area contributed by atoms with Crippen LogP contribution in [-0.2, 0) is 6.54 Å². The van der Waals surface area contributed by atoms with E-state index in [2.05, 4.69) is 53.6 Å². The monoisotopic (exact) mass is 380 g/mol. The van der Waals surface area contributed by atoms with Gasteiger partial charge >= 0.3 is 0 Å². The molecule has 3 nitrogen and oxygen atoms in total. The highest BCUT2D eigenvalue weighted by Gasteiger charge is 2.06. The van der Waals surface area contributed by atoms with Crippen molar-refractivity contribution in [3.8, 4) is 5.75 Å². The highest BCUT2D eigenvalue weighted by Crippen LogP contribution is 2.26. The molecule has 0 aromatic heterocycles. The Labute approximate surface area is 171 Å². The van der Waals surface area contributed by atoms with Crippen LogP contribution in [0.5, 0.6) is 5.75 Å².